The lowest BCUT2D eigenvalue weighted by Gasteiger charge is -2.11. The van der Waals surface area contributed by atoms with Crippen LogP contribution < -0.4 is 5.32 Å². The number of nitrogens with zero attached hydrogens (tertiary/aromatic N) is 1. The van der Waals surface area contributed by atoms with Crippen molar-refractivity contribution in [3.8, 4) is 0 Å². The molecule has 0 bridgehead atoms. The van der Waals surface area contributed by atoms with Crippen LogP contribution in [0.25, 0.3) is 26.2 Å². The largest absolute Gasteiger partial charge is 0.329 e. The molecule has 3 amide bonds. The van der Waals surface area contributed by atoms with E-state index >= 15 is 0 Å². The number of rotatable bonds is 3. The normalized spacial score (nSPS) is 16.0. The van der Waals surface area contributed by atoms with Crippen LogP contribution in [0.15, 0.2) is 65.0 Å². The lowest BCUT2D eigenvalue weighted by atomic mass is 10.1. The molecule has 5 rings (SSSR count). The van der Waals surface area contributed by atoms with Gasteiger partial charge in [0.1, 0.15) is 5.70 Å². The number of amides is 3. The molecule has 0 spiro atoms. The smallest absolute Gasteiger partial charge is 0.303 e. The molecule has 1 aliphatic rings. The fourth-order valence-electron chi connectivity index (χ4n) is 3.31. The molecule has 0 radical (unpaired) electrons. The first-order valence-corrected chi connectivity index (χ1v) is 10.2. The fraction of sp³-hybridized carbons (Fsp3) is 0.0476. The molecule has 4 nitrogen and oxygen atoms in total. The zero-order valence-corrected chi connectivity index (χ0v) is 15.8. The summed E-state index contributed by atoms with van der Waals surface area (Å²) in [6.07, 6.45) is 1.77. The summed E-state index contributed by atoms with van der Waals surface area (Å²) in [5.74, 6) is -0.287. The van der Waals surface area contributed by atoms with Crippen LogP contribution in [0.2, 0.25) is 0 Å². The number of nitrogens with one attached hydrogen (secondary N) is 1. The summed E-state index contributed by atoms with van der Waals surface area (Å²) in [5, 5.41) is 8.91. The Kier molecular flexibility index (Phi) is 3.81. The molecule has 3 heterocycles. The van der Waals surface area contributed by atoms with Crippen molar-refractivity contribution in [3.05, 3.63) is 76.1 Å². The summed E-state index contributed by atoms with van der Waals surface area (Å²) in [6.45, 7) is 0.274. The molecule has 1 fully saturated rings. The van der Waals surface area contributed by atoms with Crippen molar-refractivity contribution in [1.29, 1.82) is 0 Å². The van der Waals surface area contributed by atoms with Crippen molar-refractivity contribution < 1.29 is 9.59 Å². The SMILES string of the molecule is O=C1N/C(=C\c2csc3ccccc23)C(=O)N1Cc1csc2ccccc12. The van der Waals surface area contributed by atoms with E-state index in [1.54, 1.807) is 28.7 Å². The second-order valence-corrected chi connectivity index (χ2v) is 8.15. The minimum Gasteiger partial charge on any atom is -0.303 e. The van der Waals surface area contributed by atoms with Crippen molar-refractivity contribution in [3.63, 3.8) is 0 Å². The molecule has 1 saturated heterocycles. The van der Waals surface area contributed by atoms with Gasteiger partial charge in [-0.05, 0) is 50.9 Å². The highest BCUT2D eigenvalue weighted by molar-refractivity contribution is 7.17. The van der Waals surface area contributed by atoms with Crippen LogP contribution in [0.4, 0.5) is 4.79 Å². The third-order valence-corrected chi connectivity index (χ3v) is 6.66. The second kappa shape index (κ2) is 6.33. The molecular formula is C21H14N2O2S2. The van der Waals surface area contributed by atoms with E-state index in [0.717, 1.165) is 31.3 Å². The lowest BCUT2D eigenvalue weighted by molar-refractivity contribution is -0.123. The Morgan fingerprint density at radius 3 is 2.37 bits per heavy atom. The highest BCUT2D eigenvalue weighted by atomic mass is 32.1. The molecular weight excluding hydrogens is 376 g/mol. The van der Waals surface area contributed by atoms with Gasteiger partial charge >= 0.3 is 6.03 Å². The zero-order chi connectivity index (χ0) is 18.4. The van der Waals surface area contributed by atoms with Gasteiger partial charge in [-0.3, -0.25) is 9.69 Å². The van der Waals surface area contributed by atoms with Crippen LogP contribution in [-0.2, 0) is 11.3 Å². The molecule has 0 unspecified atom stereocenters. The van der Waals surface area contributed by atoms with Crippen LogP contribution in [0.5, 0.6) is 0 Å². The number of urea groups is 1. The number of hydrogen-bond donors (Lipinski definition) is 1. The van der Waals surface area contributed by atoms with Crippen molar-refractivity contribution in [2.75, 3.05) is 0 Å². The molecule has 0 aliphatic carbocycles. The number of imide groups is 1. The summed E-state index contributed by atoms with van der Waals surface area (Å²) in [6, 6.07) is 15.7. The van der Waals surface area contributed by atoms with Gasteiger partial charge in [0.05, 0.1) is 6.54 Å². The lowest BCUT2D eigenvalue weighted by Crippen LogP contribution is -2.30. The first kappa shape index (κ1) is 16.2. The van der Waals surface area contributed by atoms with E-state index in [2.05, 4.69) is 5.32 Å². The van der Waals surface area contributed by atoms with E-state index in [1.807, 2.05) is 59.3 Å². The minimum absolute atomic E-state index is 0.274. The quantitative estimate of drug-likeness (QED) is 0.386. The predicted molar refractivity (Wildman–Crippen MR) is 111 cm³/mol. The average molecular weight is 390 g/mol. The average Bonchev–Trinajstić information content (AvgIpc) is 3.36. The van der Waals surface area contributed by atoms with Gasteiger partial charge in [0.2, 0.25) is 0 Å². The van der Waals surface area contributed by atoms with Gasteiger partial charge in [-0.15, -0.1) is 22.7 Å². The van der Waals surface area contributed by atoms with Crippen molar-refractivity contribution >= 4 is 60.9 Å². The molecule has 6 heteroatoms. The number of fused-ring (bicyclic) bond motifs is 2. The topological polar surface area (TPSA) is 49.4 Å². The van der Waals surface area contributed by atoms with Gasteiger partial charge in [0.25, 0.3) is 5.91 Å². The summed E-state index contributed by atoms with van der Waals surface area (Å²) >= 11 is 3.25. The zero-order valence-electron chi connectivity index (χ0n) is 14.1. The van der Waals surface area contributed by atoms with Gasteiger partial charge in [-0.1, -0.05) is 36.4 Å². The molecule has 1 aliphatic heterocycles. The third kappa shape index (κ3) is 2.74. The van der Waals surface area contributed by atoms with Crippen LogP contribution >= 0.6 is 22.7 Å². The Balaban J connectivity index is 1.46. The number of benzene rings is 2. The van der Waals surface area contributed by atoms with E-state index in [9.17, 15) is 9.59 Å². The Bertz CT molecular complexity index is 1240. The molecule has 0 atom stereocenters. The van der Waals surface area contributed by atoms with Gasteiger partial charge in [-0.25, -0.2) is 4.79 Å². The first-order valence-electron chi connectivity index (χ1n) is 8.46. The van der Waals surface area contributed by atoms with Crippen LogP contribution in [0.3, 0.4) is 0 Å². The Morgan fingerprint density at radius 2 is 1.56 bits per heavy atom. The summed E-state index contributed by atoms with van der Waals surface area (Å²) in [5.41, 5.74) is 2.26. The third-order valence-electron chi connectivity index (χ3n) is 4.66. The molecule has 1 N–H and O–H groups in total. The maximum atomic E-state index is 12.8. The Morgan fingerprint density at radius 1 is 0.889 bits per heavy atom. The van der Waals surface area contributed by atoms with Gasteiger partial charge in [-0.2, -0.15) is 0 Å². The molecule has 2 aromatic carbocycles. The number of carbonyl (C=O) groups is 2. The summed E-state index contributed by atoms with van der Waals surface area (Å²) < 4.78 is 2.31. The second-order valence-electron chi connectivity index (χ2n) is 6.32. The van der Waals surface area contributed by atoms with Gasteiger partial charge in [0.15, 0.2) is 0 Å². The number of thiophene rings is 2. The highest BCUT2D eigenvalue weighted by Crippen LogP contribution is 2.30. The standard InChI is InChI=1S/C21H14N2O2S2/c24-20-17(9-13-11-26-18-7-3-1-5-15(13)18)22-21(25)23(20)10-14-12-27-19-8-4-2-6-16(14)19/h1-9,11-12H,10H2,(H,22,25)/b17-9-. The van der Waals surface area contributed by atoms with Crippen molar-refractivity contribution in [1.82, 2.24) is 10.2 Å². The van der Waals surface area contributed by atoms with Crippen LogP contribution in [-0.4, -0.2) is 16.8 Å². The number of hydrogen-bond acceptors (Lipinski definition) is 4. The summed E-state index contributed by atoms with van der Waals surface area (Å²) in [7, 11) is 0. The molecule has 132 valence electrons. The minimum atomic E-state index is -0.374. The molecule has 0 saturated carbocycles. The van der Waals surface area contributed by atoms with Gasteiger partial charge < -0.3 is 5.32 Å². The number of carbonyl (C=O) groups excluding carboxylic acids is 2. The van der Waals surface area contributed by atoms with Gasteiger partial charge in [0, 0.05) is 9.40 Å². The molecule has 2 aromatic heterocycles. The van der Waals surface area contributed by atoms with Crippen molar-refractivity contribution in [2.24, 2.45) is 0 Å². The van der Waals surface area contributed by atoms with E-state index in [-0.39, 0.29) is 18.5 Å². The first-order chi connectivity index (χ1) is 13.2. The van der Waals surface area contributed by atoms with E-state index in [4.69, 9.17) is 0 Å². The molecule has 27 heavy (non-hydrogen) atoms. The Labute approximate surface area is 163 Å². The molecule has 4 aromatic rings. The summed E-state index contributed by atoms with van der Waals surface area (Å²) in [4.78, 5) is 26.5. The highest BCUT2D eigenvalue weighted by Gasteiger charge is 2.34. The Hall–Kier alpha value is -2.96. The maximum absolute atomic E-state index is 12.8. The van der Waals surface area contributed by atoms with Crippen LogP contribution in [0.1, 0.15) is 11.1 Å². The fourth-order valence-corrected chi connectivity index (χ4v) is 5.18. The van der Waals surface area contributed by atoms with Crippen molar-refractivity contribution in [2.45, 2.75) is 6.54 Å². The van der Waals surface area contributed by atoms with E-state index in [1.165, 1.54) is 4.90 Å². The van der Waals surface area contributed by atoms with E-state index in [0.29, 0.717) is 5.70 Å². The monoisotopic (exact) mass is 390 g/mol. The van der Waals surface area contributed by atoms with Crippen LogP contribution in [0, 0.1) is 0 Å². The maximum Gasteiger partial charge on any atom is 0.329 e. The van der Waals surface area contributed by atoms with E-state index < -0.39 is 0 Å². The predicted octanol–water partition coefficient (Wildman–Crippen LogP) is 5.21.